The number of hydrogen-bond donors (Lipinski definition) is 0. The standard InChI is InChI=1S/C17H21NO2/c1-20-15-4-5-16-11(10-15)3-2-6-18(16)17(19)14-8-12-7-13(12)9-14/h4-5,10,12-14H,2-3,6-9H2,1H3. The van der Waals surface area contributed by atoms with Gasteiger partial charge >= 0.3 is 0 Å². The molecule has 2 atom stereocenters. The first-order valence-electron chi connectivity index (χ1n) is 7.74. The van der Waals surface area contributed by atoms with E-state index in [0.717, 1.165) is 55.5 Å². The van der Waals surface area contributed by atoms with Crippen molar-refractivity contribution in [2.24, 2.45) is 17.8 Å². The van der Waals surface area contributed by atoms with Crippen molar-refractivity contribution in [2.75, 3.05) is 18.6 Å². The van der Waals surface area contributed by atoms with Crippen LogP contribution in [0.4, 0.5) is 5.69 Å². The van der Waals surface area contributed by atoms with E-state index in [-0.39, 0.29) is 5.92 Å². The third-order valence-electron chi connectivity index (χ3n) is 5.26. The van der Waals surface area contributed by atoms with Gasteiger partial charge in [-0.25, -0.2) is 0 Å². The predicted octanol–water partition coefficient (Wildman–Crippen LogP) is 3.02. The molecule has 2 unspecified atom stereocenters. The summed E-state index contributed by atoms with van der Waals surface area (Å²) in [4.78, 5) is 14.8. The van der Waals surface area contributed by atoms with Gasteiger partial charge in [0.1, 0.15) is 5.75 Å². The molecule has 0 spiro atoms. The molecule has 2 aliphatic carbocycles. The second kappa shape index (κ2) is 4.51. The molecule has 2 fully saturated rings. The van der Waals surface area contributed by atoms with E-state index in [4.69, 9.17) is 4.74 Å². The van der Waals surface area contributed by atoms with Gasteiger partial charge in [0.2, 0.25) is 5.91 Å². The SMILES string of the molecule is COc1ccc2c(c1)CCCN2C(=O)C1CC2CC2C1. The molecule has 1 amide bonds. The number of amides is 1. The molecule has 1 aromatic carbocycles. The van der Waals surface area contributed by atoms with Crippen molar-refractivity contribution in [3.8, 4) is 5.75 Å². The van der Waals surface area contributed by atoms with Gasteiger partial charge in [0.05, 0.1) is 7.11 Å². The minimum Gasteiger partial charge on any atom is -0.497 e. The molecule has 0 aromatic heterocycles. The zero-order valence-electron chi connectivity index (χ0n) is 12.0. The Hall–Kier alpha value is -1.51. The van der Waals surface area contributed by atoms with Gasteiger partial charge in [-0.1, -0.05) is 0 Å². The van der Waals surface area contributed by atoms with Gasteiger partial charge in [0.25, 0.3) is 0 Å². The number of methoxy groups -OCH3 is 1. The summed E-state index contributed by atoms with van der Waals surface area (Å²) in [5.74, 6) is 3.27. The van der Waals surface area contributed by atoms with Crippen LogP contribution < -0.4 is 9.64 Å². The molecule has 1 heterocycles. The topological polar surface area (TPSA) is 29.5 Å². The molecular weight excluding hydrogens is 250 g/mol. The summed E-state index contributed by atoms with van der Waals surface area (Å²) < 4.78 is 5.29. The van der Waals surface area contributed by atoms with Gasteiger partial charge in [0, 0.05) is 18.2 Å². The first kappa shape index (κ1) is 12.2. The first-order valence-corrected chi connectivity index (χ1v) is 7.74. The first-order chi connectivity index (χ1) is 9.76. The van der Waals surface area contributed by atoms with E-state index in [0.29, 0.717) is 5.91 Å². The van der Waals surface area contributed by atoms with E-state index in [1.165, 1.54) is 12.0 Å². The van der Waals surface area contributed by atoms with Crippen LogP contribution in [0.2, 0.25) is 0 Å². The van der Waals surface area contributed by atoms with Gasteiger partial charge < -0.3 is 9.64 Å². The Labute approximate surface area is 119 Å². The number of fused-ring (bicyclic) bond motifs is 2. The van der Waals surface area contributed by atoms with Crippen molar-refractivity contribution in [2.45, 2.75) is 32.1 Å². The van der Waals surface area contributed by atoms with Crippen molar-refractivity contribution in [3.63, 3.8) is 0 Å². The third-order valence-corrected chi connectivity index (χ3v) is 5.26. The van der Waals surface area contributed by atoms with Crippen molar-refractivity contribution in [1.29, 1.82) is 0 Å². The number of benzene rings is 1. The maximum absolute atomic E-state index is 12.8. The number of aryl methyl sites for hydroxylation is 1. The van der Waals surface area contributed by atoms with Crippen molar-refractivity contribution >= 4 is 11.6 Å². The van der Waals surface area contributed by atoms with Crippen LogP contribution in [0.1, 0.15) is 31.2 Å². The van der Waals surface area contributed by atoms with E-state index in [1.54, 1.807) is 7.11 Å². The van der Waals surface area contributed by atoms with Crippen LogP contribution in [0.15, 0.2) is 18.2 Å². The third kappa shape index (κ3) is 1.91. The molecule has 0 N–H and O–H groups in total. The lowest BCUT2D eigenvalue weighted by atomic mass is 9.97. The normalized spacial score (nSPS) is 30.6. The molecule has 0 saturated heterocycles. The van der Waals surface area contributed by atoms with Crippen LogP contribution in [0.25, 0.3) is 0 Å². The summed E-state index contributed by atoms with van der Waals surface area (Å²) in [7, 11) is 1.69. The number of carbonyl (C=O) groups excluding carboxylic acids is 1. The number of anilines is 1. The lowest BCUT2D eigenvalue weighted by molar-refractivity contribution is -0.122. The molecule has 0 radical (unpaired) electrons. The van der Waals surface area contributed by atoms with Crippen molar-refractivity contribution < 1.29 is 9.53 Å². The largest absolute Gasteiger partial charge is 0.497 e. The highest BCUT2D eigenvalue weighted by atomic mass is 16.5. The van der Waals surface area contributed by atoms with Gasteiger partial charge in [-0.05, 0) is 67.7 Å². The van der Waals surface area contributed by atoms with Gasteiger partial charge in [0.15, 0.2) is 0 Å². The summed E-state index contributed by atoms with van der Waals surface area (Å²) in [5.41, 5.74) is 2.37. The molecular formula is C17H21NO2. The molecule has 2 saturated carbocycles. The van der Waals surface area contributed by atoms with Crippen LogP contribution in [0.5, 0.6) is 5.75 Å². The summed E-state index contributed by atoms with van der Waals surface area (Å²) in [5, 5.41) is 0. The average Bonchev–Trinajstić information content (AvgIpc) is 3.11. The minimum absolute atomic E-state index is 0.284. The number of carbonyl (C=O) groups is 1. The second-order valence-electron chi connectivity index (χ2n) is 6.51. The van der Waals surface area contributed by atoms with Crippen LogP contribution >= 0.6 is 0 Å². The van der Waals surface area contributed by atoms with E-state index in [2.05, 4.69) is 12.1 Å². The second-order valence-corrected chi connectivity index (χ2v) is 6.51. The summed E-state index contributed by atoms with van der Waals surface area (Å²) in [6, 6.07) is 6.11. The molecule has 106 valence electrons. The van der Waals surface area contributed by atoms with Crippen LogP contribution in [0.3, 0.4) is 0 Å². The van der Waals surface area contributed by atoms with Crippen molar-refractivity contribution in [3.05, 3.63) is 23.8 Å². The summed E-state index contributed by atoms with van der Waals surface area (Å²) in [6.45, 7) is 0.879. The molecule has 1 aromatic rings. The van der Waals surface area contributed by atoms with E-state index >= 15 is 0 Å². The summed E-state index contributed by atoms with van der Waals surface area (Å²) in [6.07, 6.45) is 5.74. The molecule has 3 aliphatic rings. The quantitative estimate of drug-likeness (QED) is 0.827. The number of rotatable bonds is 2. The maximum atomic E-state index is 12.8. The Morgan fingerprint density at radius 2 is 2.05 bits per heavy atom. The number of ether oxygens (including phenoxy) is 1. The Morgan fingerprint density at radius 3 is 2.80 bits per heavy atom. The Morgan fingerprint density at radius 1 is 1.25 bits per heavy atom. The van der Waals surface area contributed by atoms with Crippen LogP contribution in [0, 0.1) is 17.8 Å². The Kier molecular flexibility index (Phi) is 2.76. The maximum Gasteiger partial charge on any atom is 0.230 e. The van der Waals surface area contributed by atoms with Gasteiger partial charge in [-0.2, -0.15) is 0 Å². The predicted molar refractivity (Wildman–Crippen MR) is 78.0 cm³/mol. The summed E-state index contributed by atoms with van der Waals surface area (Å²) >= 11 is 0. The monoisotopic (exact) mass is 271 g/mol. The van der Waals surface area contributed by atoms with Gasteiger partial charge in [-0.15, -0.1) is 0 Å². The highest BCUT2D eigenvalue weighted by Crippen LogP contribution is 2.55. The number of hydrogen-bond acceptors (Lipinski definition) is 2. The highest BCUT2D eigenvalue weighted by Gasteiger charge is 2.49. The smallest absolute Gasteiger partial charge is 0.230 e. The fourth-order valence-corrected chi connectivity index (χ4v) is 4.07. The fourth-order valence-electron chi connectivity index (χ4n) is 4.07. The Balaban J connectivity index is 1.59. The zero-order chi connectivity index (χ0) is 13.7. The Bertz CT molecular complexity index is 544. The molecule has 0 bridgehead atoms. The average molecular weight is 271 g/mol. The lowest BCUT2D eigenvalue weighted by Crippen LogP contribution is -2.39. The molecule has 20 heavy (non-hydrogen) atoms. The molecule has 4 rings (SSSR count). The molecule has 3 nitrogen and oxygen atoms in total. The van der Waals surface area contributed by atoms with Crippen LogP contribution in [-0.2, 0) is 11.2 Å². The van der Waals surface area contributed by atoms with E-state index < -0.39 is 0 Å². The van der Waals surface area contributed by atoms with Crippen LogP contribution in [-0.4, -0.2) is 19.6 Å². The molecule has 1 aliphatic heterocycles. The van der Waals surface area contributed by atoms with E-state index in [9.17, 15) is 4.79 Å². The number of nitrogens with zero attached hydrogens (tertiary/aromatic N) is 1. The zero-order valence-corrected chi connectivity index (χ0v) is 12.0. The van der Waals surface area contributed by atoms with Crippen molar-refractivity contribution in [1.82, 2.24) is 0 Å². The minimum atomic E-state index is 0.284. The fraction of sp³-hybridized carbons (Fsp3) is 0.588. The lowest BCUT2D eigenvalue weighted by Gasteiger charge is -2.32. The highest BCUT2D eigenvalue weighted by molar-refractivity contribution is 5.96. The molecule has 3 heteroatoms. The van der Waals surface area contributed by atoms with E-state index in [1.807, 2.05) is 11.0 Å². The van der Waals surface area contributed by atoms with Gasteiger partial charge in [-0.3, -0.25) is 4.79 Å².